The maximum Gasteiger partial charge on any atom is 0.221 e. The van der Waals surface area contributed by atoms with Gasteiger partial charge in [0.15, 0.2) is 5.96 Å². The smallest absolute Gasteiger partial charge is 0.221 e. The Kier molecular flexibility index (Phi) is 7.88. The minimum Gasteiger partial charge on any atom is -0.492 e. The van der Waals surface area contributed by atoms with Crippen molar-refractivity contribution in [1.82, 2.24) is 15.6 Å². The molecule has 2 aromatic rings. The standard InChI is InChI=1S/C18H25N5O2S/c1-4-19-18(22-12-17-21-11-13(2)26-17)20-8-9-25-16-7-5-6-15(10-16)23-14(3)24/h5-7,10-11H,4,8-9,12H2,1-3H3,(H,23,24)(H2,19,20,22). The van der Waals surface area contributed by atoms with Gasteiger partial charge in [-0.2, -0.15) is 0 Å². The summed E-state index contributed by atoms with van der Waals surface area (Å²) in [5, 5.41) is 10.2. The number of amides is 1. The molecule has 0 aliphatic carbocycles. The molecule has 0 aliphatic heterocycles. The number of carbonyl (C=O) groups is 1. The summed E-state index contributed by atoms with van der Waals surface area (Å²) in [7, 11) is 0. The highest BCUT2D eigenvalue weighted by Gasteiger charge is 2.02. The number of hydrogen-bond donors (Lipinski definition) is 3. The van der Waals surface area contributed by atoms with Crippen LogP contribution in [0.15, 0.2) is 35.5 Å². The molecule has 26 heavy (non-hydrogen) atoms. The van der Waals surface area contributed by atoms with Crippen LogP contribution in [0.3, 0.4) is 0 Å². The summed E-state index contributed by atoms with van der Waals surface area (Å²) in [6.07, 6.45) is 1.86. The fraction of sp³-hybridized carbons (Fsp3) is 0.389. The van der Waals surface area contributed by atoms with E-state index in [1.165, 1.54) is 11.8 Å². The van der Waals surface area contributed by atoms with Crippen LogP contribution in [0.25, 0.3) is 0 Å². The maximum absolute atomic E-state index is 11.1. The molecule has 0 bridgehead atoms. The van der Waals surface area contributed by atoms with Crippen LogP contribution in [0.4, 0.5) is 5.69 Å². The number of rotatable bonds is 8. The highest BCUT2D eigenvalue weighted by molar-refractivity contribution is 7.11. The zero-order chi connectivity index (χ0) is 18.8. The minimum atomic E-state index is -0.106. The summed E-state index contributed by atoms with van der Waals surface area (Å²) in [6.45, 7) is 7.95. The Balaban J connectivity index is 1.79. The van der Waals surface area contributed by atoms with Gasteiger partial charge in [0.1, 0.15) is 17.4 Å². The van der Waals surface area contributed by atoms with E-state index in [1.54, 1.807) is 17.4 Å². The summed E-state index contributed by atoms with van der Waals surface area (Å²) in [5.74, 6) is 1.33. The first-order chi connectivity index (χ1) is 12.6. The maximum atomic E-state index is 11.1. The first-order valence-corrected chi connectivity index (χ1v) is 9.32. The summed E-state index contributed by atoms with van der Waals surface area (Å²) in [5.41, 5.74) is 0.719. The van der Waals surface area contributed by atoms with Crippen LogP contribution in [-0.2, 0) is 11.3 Å². The second-order valence-corrected chi connectivity index (χ2v) is 6.86. The van der Waals surface area contributed by atoms with E-state index < -0.39 is 0 Å². The summed E-state index contributed by atoms with van der Waals surface area (Å²) in [6, 6.07) is 7.32. The van der Waals surface area contributed by atoms with Gasteiger partial charge in [0.05, 0.1) is 13.1 Å². The van der Waals surface area contributed by atoms with E-state index in [0.29, 0.717) is 25.4 Å². The third kappa shape index (κ3) is 7.10. The number of hydrogen-bond acceptors (Lipinski definition) is 5. The third-order valence-corrected chi connectivity index (χ3v) is 4.10. The predicted octanol–water partition coefficient (Wildman–Crippen LogP) is 2.54. The SMILES string of the molecule is CCNC(=NCc1ncc(C)s1)NCCOc1cccc(NC(C)=O)c1. The summed E-state index contributed by atoms with van der Waals surface area (Å²) in [4.78, 5) is 21.1. The van der Waals surface area contributed by atoms with Crippen molar-refractivity contribution < 1.29 is 9.53 Å². The quantitative estimate of drug-likeness (QED) is 0.375. The Morgan fingerprint density at radius 1 is 1.35 bits per heavy atom. The van der Waals surface area contributed by atoms with E-state index in [2.05, 4.69) is 25.9 Å². The molecule has 0 radical (unpaired) electrons. The number of anilines is 1. The van der Waals surface area contributed by atoms with Gasteiger partial charge in [-0.25, -0.2) is 9.98 Å². The van der Waals surface area contributed by atoms with Gasteiger partial charge in [-0.3, -0.25) is 4.79 Å². The number of aliphatic imine (C=N–C) groups is 1. The van der Waals surface area contributed by atoms with Crippen LogP contribution in [0.1, 0.15) is 23.7 Å². The lowest BCUT2D eigenvalue weighted by molar-refractivity contribution is -0.114. The number of thiazole rings is 1. The number of aromatic nitrogens is 1. The minimum absolute atomic E-state index is 0.106. The average molecular weight is 375 g/mol. The number of ether oxygens (including phenoxy) is 1. The zero-order valence-electron chi connectivity index (χ0n) is 15.3. The van der Waals surface area contributed by atoms with Gasteiger partial charge in [0, 0.05) is 36.3 Å². The summed E-state index contributed by atoms with van der Waals surface area (Å²) < 4.78 is 5.72. The Morgan fingerprint density at radius 3 is 2.88 bits per heavy atom. The van der Waals surface area contributed by atoms with Gasteiger partial charge in [0.25, 0.3) is 0 Å². The number of aryl methyl sites for hydroxylation is 1. The molecule has 0 saturated carbocycles. The Hall–Kier alpha value is -2.61. The van der Waals surface area contributed by atoms with Crippen LogP contribution in [0.2, 0.25) is 0 Å². The number of nitrogens with zero attached hydrogens (tertiary/aromatic N) is 2. The molecule has 0 aliphatic rings. The second-order valence-electron chi connectivity index (χ2n) is 5.54. The second kappa shape index (κ2) is 10.4. The molecule has 8 heteroatoms. The van der Waals surface area contributed by atoms with Gasteiger partial charge < -0.3 is 20.7 Å². The molecular weight excluding hydrogens is 350 g/mol. The molecule has 1 aromatic heterocycles. The molecule has 1 heterocycles. The number of benzene rings is 1. The van der Waals surface area contributed by atoms with Crippen molar-refractivity contribution in [3.63, 3.8) is 0 Å². The van der Waals surface area contributed by atoms with E-state index in [4.69, 9.17) is 4.74 Å². The molecule has 0 atom stereocenters. The molecule has 3 N–H and O–H groups in total. The highest BCUT2D eigenvalue weighted by Crippen LogP contribution is 2.17. The van der Waals surface area contributed by atoms with E-state index in [0.717, 1.165) is 23.2 Å². The van der Waals surface area contributed by atoms with Gasteiger partial charge >= 0.3 is 0 Å². The van der Waals surface area contributed by atoms with Crippen molar-refractivity contribution >= 4 is 28.9 Å². The Bertz CT molecular complexity index is 745. The molecule has 0 saturated heterocycles. The van der Waals surface area contributed by atoms with E-state index in [1.807, 2.05) is 38.2 Å². The van der Waals surface area contributed by atoms with Crippen LogP contribution >= 0.6 is 11.3 Å². The molecule has 2 rings (SSSR count). The molecule has 0 unspecified atom stereocenters. The Morgan fingerprint density at radius 2 is 2.19 bits per heavy atom. The van der Waals surface area contributed by atoms with E-state index >= 15 is 0 Å². The van der Waals surface area contributed by atoms with Gasteiger partial charge in [-0.1, -0.05) is 6.07 Å². The van der Waals surface area contributed by atoms with Crippen LogP contribution < -0.4 is 20.7 Å². The van der Waals surface area contributed by atoms with Crippen molar-refractivity contribution in [2.75, 3.05) is 25.0 Å². The first kappa shape index (κ1) is 19.7. The molecule has 1 amide bonds. The van der Waals surface area contributed by atoms with Crippen molar-refractivity contribution in [2.45, 2.75) is 27.3 Å². The molecule has 0 spiro atoms. The zero-order valence-corrected chi connectivity index (χ0v) is 16.2. The molecule has 140 valence electrons. The topological polar surface area (TPSA) is 87.6 Å². The number of carbonyl (C=O) groups excluding carboxylic acids is 1. The van der Waals surface area contributed by atoms with Crippen LogP contribution in [-0.4, -0.2) is 36.5 Å². The van der Waals surface area contributed by atoms with Gasteiger partial charge in [-0.15, -0.1) is 11.3 Å². The largest absolute Gasteiger partial charge is 0.492 e. The van der Waals surface area contributed by atoms with Crippen molar-refractivity contribution in [1.29, 1.82) is 0 Å². The number of nitrogens with one attached hydrogen (secondary N) is 3. The van der Waals surface area contributed by atoms with E-state index in [-0.39, 0.29) is 5.91 Å². The predicted molar refractivity (Wildman–Crippen MR) is 106 cm³/mol. The highest BCUT2D eigenvalue weighted by atomic mass is 32.1. The number of guanidine groups is 1. The first-order valence-electron chi connectivity index (χ1n) is 8.50. The molecule has 1 aromatic carbocycles. The lowest BCUT2D eigenvalue weighted by Gasteiger charge is -2.12. The normalized spacial score (nSPS) is 11.1. The van der Waals surface area contributed by atoms with Crippen LogP contribution in [0.5, 0.6) is 5.75 Å². The molecule has 7 nitrogen and oxygen atoms in total. The van der Waals surface area contributed by atoms with Gasteiger partial charge in [0.2, 0.25) is 5.91 Å². The van der Waals surface area contributed by atoms with Crippen molar-refractivity contribution in [3.8, 4) is 5.75 Å². The third-order valence-electron chi connectivity index (χ3n) is 3.20. The molecule has 0 fully saturated rings. The fourth-order valence-corrected chi connectivity index (χ4v) is 2.88. The van der Waals surface area contributed by atoms with Crippen molar-refractivity contribution in [3.05, 3.63) is 40.3 Å². The van der Waals surface area contributed by atoms with E-state index in [9.17, 15) is 4.79 Å². The average Bonchev–Trinajstić information content (AvgIpc) is 3.01. The Labute approximate surface area is 157 Å². The summed E-state index contributed by atoms with van der Waals surface area (Å²) >= 11 is 1.65. The monoisotopic (exact) mass is 375 g/mol. The van der Waals surface area contributed by atoms with Gasteiger partial charge in [-0.05, 0) is 26.0 Å². The molecular formula is C18H25N5O2S. The van der Waals surface area contributed by atoms with Crippen LogP contribution in [0, 0.1) is 6.92 Å². The van der Waals surface area contributed by atoms with Crippen molar-refractivity contribution in [2.24, 2.45) is 4.99 Å². The lowest BCUT2D eigenvalue weighted by Crippen LogP contribution is -2.39. The lowest BCUT2D eigenvalue weighted by atomic mass is 10.3. The fourth-order valence-electron chi connectivity index (χ4n) is 2.17.